The van der Waals surface area contributed by atoms with E-state index in [4.69, 9.17) is 6.42 Å². The molecule has 0 amide bonds. The predicted molar refractivity (Wildman–Crippen MR) is 75.4 cm³/mol. The SMILES string of the molecule is C#CCNC(Cc1ccc(O)c2ncccc12)C(=O)O. The Morgan fingerprint density at radius 2 is 2.25 bits per heavy atom. The van der Waals surface area contributed by atoms with Gasteiger partial charge in [0, 0.05) is 11.6 Å². The molecule has 0 fully saturated rings. The summed E-state index contributed by atoms with van der Waals surface area (Å²) in [7, 11) is 0. The summed E-state index contributed by atoms with van der Waals surface area (Å²) >= 11 is 0. The number of carboxylic acids is 1. The Balaban J connectivity index is 2.35. The van der Waals surface area contributed by atoms with Gasteiger partial charge in [-0.3, -0.25) is 15.1 Å². The van der Waals surface area contributed by atoms with Gasteiger partial charge >= 0.3 is 5.97 Å². The molecule has 0 saturated heterocycles. The van der Waals surface area contributed by atoms with E-state index in [1.807, 2.05) is 0 Å². The van der Waals surface area contributed by atoms with Crippen LogP contribution in [0.15, 0.2) is 30.5 Å². The number of fused-ring (bicyclic) bond motifs is 1. The van der Waals surface area contributed by atoms with Crippen molar-refractivity contribution >= 4 is 16.9 Å². The molecule has 0 aliphatic carbocycles. The second-order valence-electron chi connectivity index (χ2n) is 4.32. The van der Waals surface area contributed by atoms with E-state index in [0.717, 1.165) is 10.9 Å². The topological polar surface area (TPSA) is 82.5 Å². The van der Waals surface area contributed by atoms with Crippen molar-refractivity contribution in [2.75, 3.05) is 6.54 Å². The van der Waals surface area contributed by atoms with Crippen LogP contribution >= 0.6 is 0 Å². The number of aromatic nitrogens is 1. The van der Waals surface area contributed by atoms with Crippen LogP contribution in [0.2, 0.25) is 0 Å². The second-order valence-corrected chi connectivity index (χ2v) is 4.32. The average molecular weight is 270 g/mol. The molecule has 0 spiro atoms. The van der Waals surface area contributed by atoms with E-state index >= 15 is 0 Å². The molecule has 2 rings (SSSR count). The van der Waals surface area contributed by atoms with Crippen LogP contribution in [-0.2, 0) is 11.2 Å². The van der Waals surface area contributed by atoms with Gasteiger partial charge in [-0.1, -0.05) is 18.1 Å². The van der Waals surface area contributed by atoms with Gasteiger partial charge in [0.05, 0.1) is 6.54 Å². The maximum absolute atomic E-state index is 11.2. The van der Waals surface area contributed by atoms with Gasteiger partial charge < -0.3 is 10.2 Å². The standard InChI is InChI=1S/C15H14N2O3/c1-2-7-16-12(15(19)20)9-10-5-6-13(18)14-11(10)4-3-8-17-14/h1,3-6,8,12,16,18H,7,9H2,(H,19,20). The minimum atomic E-state index is -0.967. The number of hydrogen-bond donors (Lipinski definition) is 3. The number of phenolic OH excluding ortho intramolecular Hbond substituents is 1. The molecule has 5 heteroatoms. The summed E-state index contributed by atoms with van der Waals surface area (Å²) in [5, 5.41) is 22.5. The summed E-state index contributed by atoms with van der Waals surface area (Å²) in [4.78, 5) is 15.3. The minimum Gasteiger partial charge on any atom is -0.506 e. The van der Waals surface area contributed by atoms with Crippen LogP contribution in [0.3, 0.4) is 0 Å². The largest absolute Gasteiger partial charge is 0.506 e. The zero-order valence-corrected chi connectivity index (χ0v) is 10.7. The van der Waals surface area contributed by atoms with Gasteiger partial charge in [-0.2, -0.15) is 0 Å². The third kappa shape index (κ3) is 2.87. The molecule has 5 nitrogen and oxygen atoms in total. The normalized spacial score (nSPS) is 11.9. The molecule has 3 N–H and O–H groups in total. The van der Waals surface area contributed by atoms with Crippen molar-refractivity contribution in [2.45, 2.75) is 12.5 Å². The van der Waals surface area contributed by atoms with Gasteiger partial charge in [0.15, 0.2) is 0 Å². The Morgan fingerprint density at radius 3 is 2.95 bits per heavy atom. The molecular formula is C15H14N2O3. The molecule has 1 atom stereocenters. The first-order valence-electron chi connectivity index (χ1n) is 6.08. The van der Waals surface area contributed by atoms with Gasteiger partial charge in [0.1, 0.15) is 17.3 Å². The summed E-state index contributed by atoms with van der Waals surface area (Å²) < 4.78 is 0. The Hall–Kier alpha value is -2.58. The van der Waals surface area contributed by atoms with Crippen LogP contribution in [0.25, 0.3) is 10.9 Å². The Morgan fingerprint density at radius 1 is 1.45 bits per heavy atom. The Labute approximate surface area is 116 Å². The number of rotatable bonds is 5. The van der Waals surface area contributed by atoms with Gasteiger partial charge in [-0.25, -0.2) is 0 Å². The highest BCUT2D eigenvalue weighted by atomic mass is 16.4. The molecule has 0 aliphatic heterocycles. The number of pyridine rings is 1. The summed E-state index contributed by atoms with van der Waals surface area (Å²) in [5.41, 5.74) is 1.26. The highest BCUT2D eigenvalue weighted by Crippen LogP contribution is 2.26. The van der Waals surface area contributed by atoms with Crippen LogP contribution in [-0.4, -0.2) is 33.8 Å². The molecule has 1 unspecified atom stereocenters. The van der Waals surface area contributed by atoms with Crippen LogP contribution in [0.5, 0.6) is 5.75 Å². The second kappa shape index (κ2) is 6.04. The Bertz CT molecular complexity index is 676. The van der Waals surface area contributed by atoms with E-state index in [2.05, 4.69) is 16.2 Å². The zero-order valence-electron chi connectivity index (χ0n) is 10.7. The summed E-state index contributed by atoms with van der Waals surface area (Å²) in [6.07, 6.45) is 6.98. The third-order valence-corrected chi connectivity index (χ3v) is 3.01. The number of hydrogen-bond acceptors (Lipinski definition) is 4. The quantitative estimate of drug-likeness (QED) is 0.710. The van der Waals surface area contributed by atoms with E-state index in [9.17, 15) is 15.0 Å². The first kappa shape index (κ1) is 13.8. The molecular weight excluding hydrogens is 256 g/mol. The lowest BCUT2D eigenvalue weighted by Crippen LogP contribution is -2.38. The van der Waals surface area contributed by atoms with Crippen molar-refractivity contribution in [1.29, 1.82) is 0 Å². The summed E-state index contributed by atoms with van der Waals surface area (Å²) in [5.74, 6) is 1.47. The van der Waals surface area contributed by atoms with Gasteiger partial charge in [-0.15, -0.1) is 6.42 Å². The van der Waals surface area contributed by atoms with Crippen LogP contribution in [0, 0.1) is 12.3 Å². The number of phenols is 1. The lowest BCUT2D eigenvalue weighted by molar-refractivity contribution is -0.139. The minimum absolute atomic E-state index is 0.0767. The highest BCUT2D eigenvalue weighted by Gasteiger charge is 2.18. The van der Waals surface area contributed by atoms with E-state index in [-0.39, 0.29) is 18.7 Å². The summed E-state index contributed by atoms with van der Waals surface area (Å²) in [6, 6.07) is 5.99. The van der Waals surface area contributed by atoms with E-state index < -0.39 is 12.0 Å². The van der Waals surface area contributed by atoms with Crippen molar-refractivity contribution in [1.82, 2.24) is 10.3 Å². The predicted octanol–water partition coefficient (Wildman–Crippen LogP) is 1.16. The monoisotopic (exact) mass is 270 g/mol. The van der Waals surface area contributed by atoms with Crippen LogP contribution in [0.4, 0.5) is 0 Å². The molecule has 1 aromatic carbocycles. The molecule has 0 bridgehead atoms. The van der Waals surface area contributed by atoms with Crippen molar-refractivity contribution < 1.29 is 15.0 Å². The molecule has 0 saturated carbocycles. The number of benzene rings is 1. The molecule has 1 heterocycles. The van der Waals surface area contributed by atoms with E-state index in [0.29, 0.717) is 5.52 Å². The summed E-state index contributed by atoms with van der Waals surface area (Å²) in [6.45, 7) is 0.186. The van der Waals surface area contributed by atoms with Crippen molar-refractivity contribution in [3.63, 3.8) is 0 Å². The lowest BCUT2D eigenvalue weighted by atomic mass is 10.0. The number of aromatic hydroxyl groups is 1. The number of terminal acetylenes is 1. The third-order valence-electron chi connectivity index (χ3n) is 3.01. The van der Waals surface area contributed by atoms with Gasteiger partial charge in [0.25, 0.3) is 0 Å². The first-order chi connectivity index (χ1) is 9.63. The smallest absolute Gasteiger partial charge is 0.321 e. The molecule has 102 valence electrons. The van der Waals surface area contributed by atoms with Crippen molar-refractivity contribution in [3.8, 4) is 18.1 Å². The van der Waals surface area contributed by atoms with Crippen molar-refractivity contribution in [3.05, 3.63) is 36.0 Å². The average Bonchev–Trinajstić information content (AvgIpc) is 2.45. The van der Waals surface area contributed by atoms with Crippen LogP contribution in [0.1, 0.15) is 5.56 Å². The molecule has 1 aromatic heterocycles. The van der Waals surface area contributed by atoms with Gasteiger partial charge in [0.2, 0.25) is 0 Å². The first-order valence-corrected chi connectivity index (χ1v) is 6.08. The number of carbonyl (C=O) groups is 1. The maximum Gasteiger partial charge on any atom is 0.321 e. The fourth-order valence-electron chi connectivity index (χ4n) is 2.04. The maximum atomic E-state index is 11.2. The zero-order chi connectivity index (χ0) is 14.5. The fraction of sp³-hybridized carbons (Fsp3) is 0.200. The molecule has 2 aromatic rings. The molecule has 0 aliphatic rings. The van der Waals surface area contributed by atoms with Crippen LogP contribution < -0.4 is 5.32 Å². The van der Waals surface area contributed by atoms with Gasteiger partial charge in [-0.05, 0) is 24.1 Å². The highest BCUT2D eigenvalue weighted by molar-refractivity contribution is 5.87. The number of nitrogens with zero attached hydrogens (tertiary/aromatic N) is 1. The Kier molecular flexibility index (Phi) is 4.18. The van der Waals surface area contributed by atoms with Crippen molar-refractivity contribution in [2.24, 2.45) is 0 Å². The lowest BCUT2D eigenvalue weighted by Gasteiger charge is -2.14. The number of nitrogens with one attached hydrogen (secondary N) is 1. The molecule has 20 heavy (non-hydrogen) atoms. The van der Waals surface area contributed by atoms with E-state index in [1.165, 1.54) is 6.07 Å². The van der Waals surface area contributed by atoms with E-state index in [1.54, 1.807) is 24.4 Å². The molecule has 0 radical (unpaired) electrons. The number of carboxylic acid groups (broad SMARTS) is 1. The fourth-order valence-corrected chi connectivity index (χ4v) is 2.04. The number of aliphatic carboxylic acids is 1.